The fourth-order valence-electron chi connectivity index (χ4n) is 3.17. The van der Waals surface area contributed by atoms with Crippen LogP contribution in [0.15, 0.2) is 0 Å². The lowest BCUT2D eigenvalue weighted by atomic mass is 9.67. The first-order chi connectivity index (χ1) is 7.79. The highest BCUT2D eigenvalue weighted by Gasteiger charge is 2.49. The van der Waals surface area contributed by atoms with Gasteiger partial charge in [-0.1, -0.05) is 12.8 Å². The zero-order chi connectivity index (χ0) is 11.4. The molecule has 16 heavy (non-hydrogen) atoms. The molecule has 2 atom stereocenters. The highest BCUT2D eigenvalue weighted by Crippen LogP contribution is 2.43. The number of nitrogens with one attached hydrogen (secondary N) is 3. The van der Waals surface area contributed by atoms with Crippen molar-refractivity contribution in [3.8, 4) is 0 Å². The van der Waals surface area contributed by atoms with Crippen molar-refractivity contribution < 1.29 is 4.79 Å². The summed E-state index contributed by atoms with van der Waals surface area (Å²) in [6.07, 6.45) is 4.78. The van der Waals surface area contributed by atoms with Crippen molar-refractivity contribution in [2.45, 2.75) is 25.7 Å². The largest absolute Gasteiger partial charge is 0.354 e. The quantitative estimate of drug-likeness (QED) is 0.595. The fraction of sp³-hybridized carbons (Fsp3) is 0.917. The number of fused-ring (bicyclic) bond motifs is 1. The van der Waals surface area contributed by atoms with Crippen LogP contribution in [0.2, 0.25) is 0 Å². The third kappa shape index (κ3) is 2.09. The van der Waals surface area contributed by atoms with Crippen LogP contribution in [0, 0.1) is 11.3 Å². The zero-order valence-electron chi connectivity index (χ0n) is 10.1. The number of likely N-dealkylation sites (N-methyl/N-ethyl adjacent to an activating group) is 1. The van der Waals surface area contributed by atoms with Gasteiger partial charge in [0.15, 0.2) is 0 Å². The van der Waals surface area contributed by atoms with E-state index in [1.54, 1.807) is 0 Å². The Balaban J connectivity index is 1.96. The first-order valence-electron chi connectivity index (χ1n) is 6.43. The van der Waals surface area contributed by atoms with E-state index in [2.05, 4.69) is 16.0 Å². The Bertz CT molecular complexity index is 257. The van der Waals surface area contributed by atoms with E-state index in [9.17, 15) is 4.79 Å². The van der Waals surface area contributed by atoms with Gasteiger partial charge in [0.05, 0.1) is 5.41 Å². The Labute approximate surface area is 97.6 Å². The van der Waals surface area contributed by atoms with E-state index in [4.69, 9.17) is 0 Å². The molecule has 2 aliphatic rings. The molecule has 4 nitrogen and oxygen atoms in total. The maximum atomic E-state index is 12.3. The van der Waals surface area contributed by atoms with Crippen molar-refractivity contribution in [3.05, 3.63) is 0 Å². The number of carbonyl (C=O) groups is 1. The molecule has 1 amide bonds. The molecule has 92 valence electrons. The van der Waals surface area contributed by atoms with E-state index >= 15 is 0 Å². The second kappa shape index (κ2) is 5.15. The highest BCUT2D eigenvalue weighted by molar-refractivity contribution is 5.83. The summed E-state index contributed by atoms with van der Waals surface area (Å²) < 4.78 is 0. The van der Waals surface area contributed by atoms with Gasteiger partial charge in [0, 0.05) is 19.6 Å². The molecule has 0 unspecified atom stereocenters. The minimum absolute atomic E-state index is 0.0913. The summed E-state index contributed by atoms with van der Waals surface area (Å²) in [5.74, 6) is 0.841. The topological polar surface area (TPSA) is 53.2 Å². The van der Waals surface area contributed by atoms with Gasteiger partial charge in [-0.2, -0.15) is 0 Å². The van der Waals surface area contributed by atoms with E-state index in [0.717, 1.165) is 32.6 Å². The maximum Gasteiger partial charge on any atom is 0.227 e. The fourth-order valence-corrected chi connectivity index (χ4v) is 3.17. The predicted octanol–water partition coefficient (Wildman–Crippen LogP) is 0.102. The second-order valence-electron chi connectivity index (χ2n) is 5.09. The normalized spacial score (nSPS) is 33.4. The Morgan fingerprint density at radius 3 is 3.12 bits per heavy atom. The van der Waals surface area contributed by atoms with Crippen molar-refractivity contribution in [3.63, 3.8) is 0 Å². The van der Waals surface area contributed by atoms with Crippen LogP contribution in [0.3, 0.4) is 0 Å². The Morgan fingerprint density at radius 1 is 1.44 bits per heavy atom. The highest BCUT2D eigenvalue weighted by atomic mass is 16.2. The SMILES string of the molecule is CNCCNC(=O)[C@@]12CCCC[C@H]1CNC2. The molecule has 0 radical (unpaired) electrons. The van der Waals surface area contributed by atoms with Gasteiger partial charge in [-0.25, -0.2) is 0 Å². The summed E-state index contributed by atoms with van der Waals surface area (Å²) in [4.78, 5) is 12.3. The van der Waals surface area contributed by atoms with Gasteiger partial charge in [0.2, 0.25) is 5.91 Å². The monoisotopic (exact) mass is 225 g/mol. The van der Waals surface area contributed by atoms with Crippen molar-refractivity contribution in [2.24, 2.45) is 11.3 Å². The second-order valence-corrected chi connectivity index (χ2v) is 5.09. The lowest BCUT2D eigenvalue weighted by Gasteiger charge is -2.37. The van der Waals surface area contributed by atoms with Gasteiger partial charge < -0.3 is 16.0 Å². The molecule has 2 fully saturated rings. The number of hydrogen-bond acceptors (Lipinski definition) is 3. The van der Waals surface area contributed by atoms with Crippen LogP contribution >= 0.6 is 0 Å². The number of amides is 1. The molecule has 1 heterocycles. The molecule has 3 N–H and O–H groups in total. The van der Waals surface area contributed by atoms with Gasteiger partial charge >= 0.3 is 0 Å². The molecule has 4 heteroatoms. The summed E-state index contributed by atoms with van der Waals surface area (Å²) in [5, 5.41) is 9.53. The maximum absolute atomic E-state index is 12.3. The van der Waals surface area contributed by atoms with Crippen molar-refractivity contribution in [1.82, 2.24) is 16.0 Å². The predicted molar refractivity (Wildman–Crippen MR) is 64.2 cm³/mol. The minimum Gasteiger partial charge on any atom is -0.354 e. The van der Waals surface area contributed by atoms with Crippen molar-refractivity contribution in [1.29, 1.82) is 0 Å². The van der Waals surface area contributed by atoms with E-state index in [1.165, 1.54) is 19.3 Å². The Morgan fingerprint density at radius 2 is 2.31 bits per heavy atom. The molecule has 1 aliphatic carbocycles. The van der Waals surface area contributed by atoms with Crippen LogP contribution in [0.1, 0.15) is 25.7 Å². The molecular weight excluding hydrogens is 202 g/mol. The average Bonchev–Trinajstić information content (AvgIpc) is 2.74. The molecule has 0 aromatic heterocycles. The molecule has 0 aromatic rings. The first kappa shape index (κ1) is 11.9. The van der Waals surface area contributed by atoms with Crippen LogP contribution in [-0.4, -0.2) is 39.1 Å². The summed E-state index contributed by atoms with van der Waals surface area (Å²) in [6.45, 7) is 3.49. The standard InChI is InChI=1S/C12H23N3O/c1-13-6-7-15-11(16)12-5-3-2-4-10(12)8-14-9-12/h10,13-14H,2-9H2,1H3,(H,15,16)/t10-,12+/m0/s1. The van der Waals surface area contributed by atoms with E-state index < -0.39 is 0 Å². The first-order valence-corrected chi connectivity index (χ1v) is 6.43. The molecule has 1 aliphatic heterocycles. The number of rotatable bonds is 4. The van der Waals surface area contributed by atoms with Gasteiger partial charge in [-0.05, 0) is 32.4 Å². The third-order valence-electron chi connectivity index (χ3n) is 4.15. The lowest BCUT2D eigenvalue weighted by molar-refractivity contribution is -0.133. The molecular formula is C12H23N3O. The molecule has 0 bridgehead atoms. The van der Waals surface area contributed by atoms with Gasteiger partial charge in [0.1, 0.15) is 0 Å². The van der Waals surface area contributed by atoms with Crippen LogP contribution in [0.5, 0.6) is 0 Å². The third-order valence-corrected chi connectivity index (χ3v) is 4.15. The Hall–Kier alpha value is -0.610. The van der Waals surface area contributed by atoms with Crippen molar-refractivity contribution >= 4 is 5.91 Å². The van der Waals surface area contributed by atoms with E-state index in [1.807, 2.05) is 7.05 Å². The summed E-state index contributed by atoms with van der Waals surface area (Å²) >= 11 is 0. The summed E-state index contributed by atoms with van der Waals surface area (Å²) in [5.41, 5.74) is -0.0913. The van der Waals surface area contributed by atoms with Gasteiger partial charge in [0.25, 0.3) is 0 Å². The molecule has 2 rings (SSSR count). The number of carbonyl (C=O) groups excluding carboxylic acids is 1. The van der Waals surface area contributed by atoms with Crippen LogP contribution in [0.4, 0.5) is 0 Å². The van der Waals surface area contributed by atoms with Crippen LogP contribution < -0.4 is 16.0 Å². The van der Waals surface area contributed by atoms with Gasteiger partial charge in [-0.3, -0.25) is 4.79 Å². The van der Waals surface area contributed by atoms with Crippen LogP contribution in [0.25, 0.3) is 0 Å². The van der Waals surface area contributed by atoms with Crippen LogP contribution in [-0.2, 0) is 4.79 Å². The zero-order valence-corrected chi connectivity index (χ0v) is 10.1. The van der Waals surface area contributed by atoms with Crippen molar-refractivity contribution in [2.75, 3.05) is 33.2 Å². The van der Waals surface area contributed by atoms with E-state index in [0.29, 0.717) is 5.92 Å². The van der Waals surface area contributed by atoms with Gasteiger partial charge in [-0.15, -0.1) is 0 Å². The summed E-state index contributed by atoms with van der Waals surface area (Å²) in [7, 11) is 1.91. The Kier molecular flexibility index (Phi) is 3.82. The molecule has 0 aromatic carbocycles. The molecule has 1 saturated heterocycles. The number of hydrogen-bond donors (Lipinski definition) is 3. The summed E-state index contributed by atoms with van der Waals surface area (Å²) in [6, 6.07) is 0. The smallest absolute Gasteiger partial charge is 0.227 e. The molecule has 0 spiro atoms. The minimum atomic E-state index is -0.0913. The average molecular weight is 225 g/mol. The molecule has 1 saturated carbocycles. The lowest BCUT2D eigenvalue weighted by Crippen LogP contribution is -2.48. The van der Waals surface area contributed by atoms with E-state index in [-0.39, 0.29) is 11.3 Å².